The Labute approximate surface area is 206 Å². The summed E-state index contributed by atoms with van der Waals surface area (Å²) < 4.78 is 10.4. The van der Waals surface area contributed by atoms with E-state index in [1.54, 1.807) is 19.9 Å². The van der Waals surface area contributed by atoms with Gasteiger partial charge in [0, 0.05) is 0 Å². The summed E-state index contributed by atoms with van der Waals surface area (Å²) >= 11 is 0.975. The van der Waals surface area contributed by atoms with Crippen LogP contribution in [-0.2, 0) is 14.9 Å². The van der Waals surface area contributed by atoms with Gasteiger partial charge >= 0.3 is 5.97 Å². The Hall–Kier alpha value is -3.72. The maximum atomic E-state index is 13.3. The number of ether oxygens (including phenoxy) is 1. The Morgan fingerprint density at radius 3 is 2.46 bits per heavy atom. The zero-order chi connectivity index (χ0) is 25.5. The van der Waals surface area contributed by atoms with Crippen LogP contribution in [0.3, 0.4) is 0 Å². The average Bonchev–Trinajstić information content (AvgIpc) is 3.52. The first-order chi connectivity index (χ1) is 16.5. The van der Waals surface area contributed by atoms with Gasteiger partial charge in [0.2, 0.25) is 5.78 Å². The fourth-order valence-corrected chi connectivity index (χ4v) is 4.91. The lowest BCUT2D eigenvalue weighted by Gasteiger charge is -2.25. The number of anilines is 1. The Morgan fingerprint density at radius 1 is 1.20 bits per heavy atom. The molecule has 0 bridgehead atoms. The van der Waals surface area contributed by atoms with Gasteiger partial charge in [-0.3, -0.25) is 14.5 Å². The molecule has 4 rings (SSSR count). The number of amides is 1. The van der Waals surface area contributed by atoms with Crippen molar-refractivity contribution in [3.05, 3.63) is 81.5 Å². The number of aliphatic hydroxyl groups excluding tert-OH is 1. The van der Waals surface area contributed by atoms with Gasteiger partial charge in [-0.25, -0.2) is 9.78 Å². The predicted molar refractivity (Wildman–Crippen MR) is 131 cm³/mol. The molecule has 35 heavy (non-hydrogen) atoms. The van der Waals surface area contributed by atoms with Crippen LogP contribution in [0.25, 0.3) is 0 Å². The van der Waals surface area contributed by atoms with E-state index in [9.17, 15) is 19.5 Å². The summed E-state index contributed by atoms with van der Waals surface area (Å²) in [6.07, 6.45) is 1.35. The third kappa shape index (κ3) is 4.39. The third-order valence-corrected chi connectivity index (χ3v) is 6.88. The highest BCUT2D eigenvalue weighted by molar-refractivity contribution is 7.17. The SMILES string of the molecule is CCOC(=O)c1sc(N2C(=O)C(O)=C(C(=O)c3ccco3)C2c2ccc(C(C)(C)C)cc2)nc1C. The van der Waals surface area contributed by atoms with Crippen molar-refractivity contribution in [3.63, 3.8) is 0 Å². The number of furan rings is 1. The summed E-state index contributed by atoms with van der Waals surface area (Å²) in [5, 5.41) is 11.0. The minimum Gasteiger partial charge on any atom is -0.503 e. The van der Waals surface area contributed by atoms with Gasteiger partial charge in [0.15, 0.2) is 16.7 Å². The number of aromatic nitrogens is 1. The van der Waals surface area contributed by atoms with Crippen LogP contribution in [0.4, 0.5) is 5.13 Å². The lowest BCUT2D eigenvalue weighted by Crippen LogP contribution is -2.31. The second-order valence-corrected chi connectivity index (χ2v) is 10.1. The van der Waals surface area contributed by atoms with Crippen LogP contribution in [0, 0.1) is 6.92 Å². The molecule has 8 nitrogen and oxygen atoms in total. The van der Waals surface area contributed by atoms with Gasteiger partial charge in [-0.15, -0.1) is 0 Å². The highest BCUT2D eigenvalue weighted by Crippen LogP contribution is 2.44. The van der Waals surface area contributed by atoms with Gasteiger partial charge in [0.25, 0.3) is 5.91 Å². The molecule has 182 valence electrons. The average molecular weight is 495 g/mol. The first kappa shape index (κ1) is 24.4. The highest BCUT2D eigenvalue weighted by atomic mass is 32.1. The second-order valence-electron chi connectivity index (χ2n) is 9.15. The number of ketones is 1. The molecule has 0 fully saturated rings. The molecule has 1 aromatic carbocycles. The van der Waals surface area contributed by atoms with Crippen LogP contribution in [-0.4, -0.2) is 34.4 Å². The maximum absolute atomic E-state index is 13.3. The first-order valence-corrected chi connectivity index (χ1v) is 12.0. The van der Waals surface area contributed by atoms with Crippen LogP contribution in [0.2, 0.25) is 0 Å². The number of aryl methyl sites for hydroxylation is 1. The molecule has 1 atom stereocenters. The molecule has 0 spiro atoms. The van der Waals surface area contributed by atoms with E-state index in [-0.39, 0.29) is 33.4 Å². The number of hydrogen-bond acceptors (Lipinski definition) is 8. The van der Waals surface area contributed by atoms with E-state index in [4.69, 9.17) is 9.15 Å². The van der Waals surface area contributed by atoms with Crippen molar-refractivity contribution in [2.75, 3.05) is 11.5 Å². The highest BCUT2D eigenvalue weighted by Gasteiger charge is 2.46. The van der Waals surface area contributed by atoms with E-state index < -0.39 is 29.5 Å². The summed E-state index contributed by atoms with van der Waals surface area (Å²) in [5.74, 6) is -2.61. The van der Waals surface area contributed by atoms with Gasteiger partial charge in [-0.2, -0.15) is 0 Å². The van der Waals surface area contributed by atoms with E-state index in [1.165, 1.54) is 17.2 Å². The second kappa shape index (κ2) is 9.14. The smallest absolute Gasteiger partial charge is 0.350 e. The van der Waals surface area contributed by atoms with Gasteiger partial charge in [0.1, 0.15) is 4.88 Å². The van der Waals surface area contributed by atoms with Crippen molar-refractivity contribution in [1.82, 2.24) is 4.98 Å². The zero-order valence-corrected chi connectivity index (χ0v) is 20.9. The molecule has 1 aliphatic rings. The molecule has 3 heterocycles. The molecule has 2 aromatic heterocycles. The summed E-state index contributed by atoms with van der Waals surface area (Å²) in [5.41, 5.74) is 1.85. The van der Waals surface area contributed by atoms with Gasteiger partial charge in [0.05, 0.1) is 30.2 Å². The Morgan fingerprint density at radius 2 is 1.89 bits per heavy atom. The Bertz CT molecular complexity index is 1310. The summed E-state index contributed by atoms with van der Waals surface area (Å²) in [7, 11) is 0. The number of thiazole rings is 1. The van der Waals surface area contributed by atoms with E-state index in [2.05, 4.69) is 25.8 Å². The van der Waals surface area contributed by atoms with Crippen molar-refractivity contribution >= 4 is 34.1 Å². The monoisotopic (exact) mass is 494 g/mol. The zero-order valence-electron chi connectivity index (χ0n) is 20.1. The molecular weight excluding hydrogens is 468 g/mol. The molecule has 0 saturated heterocycles. The van der Waals surface area contributed by atoms with Crippen molar-refractivity contribution < 1.29 is 28.6 Å². The molecule has 0 saturated carbocycles. The molecular formula is C26H26N2O6S. The number of benzene rings is 1. The van der Waals surface area contributed by atoms with Crippen molar-refractivity contribution in [3.8, 4) is 0 Å². The largest absolute Gasteiger partial charge is 0.503 e. The van der Waals surface area contributed by atoms with Gasteiger partial charge < -0.3 is 14.3 Å². The maximum Gasteiger partial charge on any atom is 0.350 e. The minimum absolute atomic E-state index is 0.0000404. The predicted octanol–water partition coefficient (Wildman–Crippen LogP) is 5.30. The number of Topliss-reactive ketones (excluding diaryl/α,β-unsaturated/α-hetero) is 1. The van der Waals surface area contributed by atoms with Crippen LogP contribution < -0.4 is 4.90 Å². The summed E-state index contributed by atoms with van der Waals surface area (Å²) in [6, 6.07) is 9.58. The Balaban J connectivity index is 1.85. The standard InChI is InChI=1S/C26H26N2O6S/c1-6-33-24(32)22-14(2)27-25(35-22)28-19(15-9-11-16(12-10-15)26(3,4)5)18(21(30)23(28)31)20(29)17-8-7-13-34-17/h7-13,19,30H,6H2,1-5H3. The number of nitrogens with zero attached hydrogens (tertiary/aromatic N) is 2. The first-order valence-electron chi connectivity index (χ1n) is 11.1. The molecule has 1 unspecified atom stereocenters. The van der Waals surface area contributed by atoms with E-state index >= 15 is 0 Å². The molecule has 0 aliphatic carbocycles. The normalized spacial score (nSPS) is 16.2. The summed E-state index contributed by atoms with van der Waals surface area (Å²) in [4.78, 5) is 44.9. The minimum atomic E-state index is -0.963. The number of carbonyl (C=O) groups excluding carboxylic acids is 3. The lowest BCUT2D eigenvalue weighted by atomic mass is 9.85. The molecule has 0 radical (unpaired) electrons. The number of esters is 1. The van der Waals surface area contributed by atoms with E-state index in [0.29, 0.717) is 11.3 Å². The number of aliphatic hydroxyl groups is 1. The van der Waals surface area contributed by atoms with Crippen LogP contribution >= 0.6 is 11.3 Å². The van der Waals surface area contributed by atoms with E-state index in [0.717, 1.165) is 16.9 Å². The third-order valence-electron chi connectivity index (χ3n) is 5.74. The lowest BCUT2D eigenvalue weighted by molar-refractivity contribution is -0.117. The van der Waals surface area contributed by atoms with E-state index in [1.807, 2.05) is 24.3 Å². The fraction of sp³-hybridized carbons (Fsp3) is 0.308. The quantitative estimate of drug-likeness (QED) is 0.366. The van der Waals surface area contributed by atoms with Crippen molar-refractivity contribution in [2.24, 2.45) is 0 Å². The summed E-state index contributed by atoms with van der Waals surface area (Å²) in [6.45, 7) is 9.79. The van der Waals surface area contributed by atoms with Crippen molar-refractivity contribution in [2.45, 2.75) is 46.1 Å². The molecule has 3 aromatic rings. The number of carbonyl (C=O) groups is 3. The Kier molecular flexibility index (Phi) is 6.38. The molecule has 9 heteroatoms. The van der Waals surface area contributed by atoms with Gasteiger partial charge in [-0.05, 0) is 42.5 Å². The van der Waals surface area contributed by atoms with Gasteiger partial charge in [-0.1, -0.05) is 56.4 Å². The molecule has 1 aliphatic heterocycles. The number of hydrogen-bond donors (Lipinski definition) is 1. The molecule has 1 N–H and O–H groups in total. The topological polar surface area (TPSA) is 110 Å². The van der Waals surface area contributed by atoms with Crippen LogP contribution in [0.1, 0.15) is 70.8 Å². The molecule has 1 amide bonds. The fourth-order valence-electron chi connectivity index (χ4n) is 3.93. The number of rotatable bonds is 6. The van der Waals surface area contributed by atoms with Crippen LogP contribution in [0.5, 0.6) is 0 Å². The van der Waals surface area contributed by atoms with Crippen LogP contribution in [0.15, 0.2) is 58.4 Å². The van der Waals surface area contributed by atoms with Crippen molar-refractivity contribution in [1.29, 1.82) is 0 Å².